The summed E-state index contributed by atoms with van der Waals surface area (Å²) in [5, 5.41) is 0. The summed E-state index contributed by atoms with van der Waals surface area (Å²) in [4.78, 5) is 0. The molecule has 0 saturated heterocycles. The molecule has 110 valence electrons. The Labute approximate surface area is 117 Å². The van der Waals surface area contributed by atoms with Crippen LogP contribution in [0.5, 0.6) is 5.75 Å². The Morgan fingerprint density at radius 3 is 2.48 bits per heavy atom. The first kappa shape index (κ1) is 13.9. The van der Waals surface area contributed by atoms with E-state index in [1.165, 1.54) is 12.1 Å². The summed E-state index contributed by atoms with van der Waals surface area (Å²) >= 11 is 0. The van der Waals surface area contributed by atoms with Gasteiger partial charge in [0.2, 0.25) is 0 Å². The first-order chi connectivity index (χ1) is 9.88. The van der Waals surface area contributed by atoms with Gasteiger partial charge in [-0.05, 0) is 23.8 Å². The number of halogens is 5. The van der Waals surface area contributed by atoms with Gasteiger partial charge < -0.3 is 4.74 Å². The summed E-state index contributed by atoms with van der Waals surface area (Å²) in [6.45, 7) is 0.223. The van der Waals surface area contributed by atoms with Crippen LogP contribution in [0.25, 0.3) is 11.1 Å². The first-order valence-electron chi connectivity index (χ1n) is 6.19. The maximum absolute atomic E-state index is 13.9. The smallest absolute Gasteiger partial charge is 0.416 e. The molecule has 3 rings (SSSR count). The molecule has 0 radical (unpaired) electrons. The lowest BCUT2D eigenvalue weighted by Gasteiger charge is -2.14. The Kier molecular flexibility index (Phi) is 3.11. The summed E-state index contributed by atoms with van der Waals surface area (Å²) in [7, 11) is 0. The fourth-order valence-electron chi connectivity index (χ4n) is 2.38. The lowest BCUT2D eigenvalue weighted by atomic mass is 9.97. The standard InChI is InChI=1S/C15H9F5O/c16-12-3-1-2-10(13(12)17)11-7-9(15(18,19)20)6-8-4-5-21-14(8)11/h1-3,6-7H,4-5H2. The van der Waals surface area contributed by atoms with Crippen molar-refractivity contribution in [1.29, 1.82) is 0 Å². The highest BCUT2D eigenvalue weighted by Gasteiger charge is 2.34. The van der Waals surface area contributed by atoms with Crippen molar-refractivity contribution in [2.45, 2.75) is 12.6 Å². The third-order valence-corrected chi connectivity index (χ3v) is 3.35. The highest BCUT2D eigenvalue weighted by atomic mass is 19.4. The SMILES string of the molecule is Fc1cccc(-c2cc(C(F)(F)F)cc3c2OCC3)c1F. The average Bonchev–Trinajstić information content (AvgIpc) is 2.88. The molecule has 0 bridgehead atoms. The van der Waals surface area contributed by atoms with Crippen molar-refractivity contribution in [2.75, 3.05) is 6.61 Å². The second kappa shape index (κ2) is 4.72. The zero-order valence-electron chi connectivity index (χ0n) is 10.6. The van der Waals surface area contributed by atoms with E-state index in [4.69, 9.17) is 4.74 Å². The Balaban J connectivity index is 2.27. The first-order valence-corrected chi connectivity index (χ1v) is 6.19. The van der Waals surface area contributed by atoms with Crippen molar-refractivity contribution in [3.63, 3.8) is 0 Å². The highest BCUT2D eigenvalue weighted by molar-refractivity contribution is 5.74. The Morgan fingerprint density at radius 1 is 1.00 bits per heavy atom. The largest absolute Gasteiger partial charge is 0.492 e. The lowest BCUT2D eigenvalue weighted by Crippen LogP contribution is -2.06. The molecule has 0 saturated carbocycles. The summed E-state index contributed by atoms with van der Waals surface area (Å²) in [6, 6.07) is 5.17. The van der Waals surface area contributed by atoms with Crippen LogP contribution in [0.1, 0.15) is 11.1 Å². The fourth-order valence-corrected chi connectivity index (χ4v) is 2.38. The molecule has 0 unspecified atom stereocenters. The predicted molar refractivity (Wildman–Crippen MR) is 66.0 cm³/mol. The molecule has 0 aromatic heterocycles. The van der Waals surface area contributed by atoms with Crippen molar-refractivity contribution >= 4 is 0 Å². The highest BCUT2D eigenvalue weighted by Crippen LogP contribution is 2.43. The number of hydrogen-bond acceptors (Lipinski definition) is 1. The molecular weight excluding hydrogens is 291 g/mol. The number of hydrogen-bond donors (Lipinski definition) is 0. The molecule has 1 nitrogen and oxygen atoms in total. The predicted octanol–water partition coefficient (Wildman–Crippen LogP) is 4.59. The van der Waals surface area contributed by atoms with Crippen molar-refractivity contribution in [2.24, 2.45) is 0 Å². The van der Waals surface area contributed by atoms with Gasteiger partial charge in [-0.1, -0.05) is 12.1 Å². The van der Waals surface area contributed by atoms with E-state index in [-0.39, 0.29) is 23.5 Å². The Morgan fingerprint density at radius 2 is 1.76 bits per heavy atom. The number of fused-ring (bicyclic) bond motifs is 1. The van der Waals surface area contributed by atoms with Gasteiger partial charge in [0.05, 0.1) is 12.2 Å². The van der Waals surface area contributed by atoms with Gasteiger partial charge in [-0.2, -0.15) is 13.2 Å². The third kappa shape index (κ3) is 2.34. The molecule has 0 amide bonds. The Hall–Kier alpha value is -2.11. The molecule has 0 aliphatic carbocycles. The van der Waals surface area contributed by atoms with Gasteiger partial charge in [0.1, 0.15) is 5.75 Å². The van der Waals surface area contributed by atoms with Crippen LogP contribution < -0.4 is 4.74 Å². The molecule has 2 aromatic rings. The number of benzene rings is 2. The van der Waals surface area contributed by atoms with Gasteiger partial charge in [-0.3, -0.25) is 0 Å². The monoisotopic (exact) mass is 300 g/mol. The molecular formula is C15H9F5O. The summed E-state index contributed by atoms with van der Waals surface area (Å²) in [5.41, 5.74) is -0.859. The molecule has 1 heterocycles. The van der Waals surface area contributed by atoms with Gasteiger partial charge in [0, 0.05) is 17.5 Å². The van der Waals surface area contributed by atoms with Crippen molar-refractivity contribution in [3.8, 4) is 16.9 Å². The van der Waals surface area contributed by atoms with E-state index < -0.39 is 23.4 Å². The molecule has 1 aliphatic rings. The van der Waals surface area contributed by atoms with Crippen molar-refractivity contribution in [1.82, 2.24) is 0 Å². The molecule has 2 aromatic carbocycles. The minimum absolute atomic E-state index is 0.0747. The molecule has 0 atom stereocenters. The van der Waals surface area contributed by atoms with E-state index >= 15 is 0 Å². The molecule has 1 aliphatic heterocycles. The van der Waals surface area contributed by atoms with Crippen molar-refractivity contribution in [3.05, 3.63) is 53.1 Å². The maximum Gasteiger partial charge on any atom is 0.416 e. The summed E-state index contributed by atoms with van der Waals surface area (Å²) in [5.74, 6) is -2.11. The molecule has 0 N–H and O–H groups in total. The van der Waals surface area contributed by atoms with Crippen LogP contribution in [0.4, 0.5) is 22.0 Å². The number of ether oxygens (including phenoxy) is 1. The van der Waals surface area contributed by atoms with Crippen LogP contribution in [-0.2, 0) is 12.6 Å². The quantitative estimate of drug-likeness (QED) is 0.700. The van der Waals surface area contributed by atoms with Gasteiger partial charge in [0.15, 0.2) is 11.6 Å². The van der Waals surface area contributed by atoms with Crippen LogP contribution in [0, 0.1) is 11.6 Å². The number of rotatable bonds is 1. The van der Waals surface area contributed by atoms with Gasteiger partial charge in [-0.15, -0.1) is 0 Å². The second-order valence-corrected chi connectivity index (χ2v) is 4.71. The molecule has 21 heavy (non-hydrogen) atoms. The van der Waals surface area contributed by atoms with Crippen LogP contribution in [-0.4, -0.2) is 6.61 Å². The van der Waals surface area contributed by atoms with E-state index in [2.05, 4.69) is 0 Å². The summed E-state index contributed by atoms with van der Waals surface area (Å²) < 4.78 is 71.2. The average molecular weight is 300 g/mol. The van der Waals surface area contributed by atoms with Gasteiger partial charge in [-0.25, -0.2) is 8.78 Å². The molecule has 6 heteroatoms. The minimum Gasteiger partial charge on any atom is -0.492 e. The van der Waals surface area contributed by atoms with E-state index in [1.807, 2.05) is 0 Å². The van der Waals surface area contributed by atoms with Crippen LogP contribution in [0.3, 0.4) is 0 Å². The molecule has 0 spiro atoms. The Bertz CT molecular complexity index is 706. The molecule has 0 fully saturated rings. The van der Waals surface area contributed by atoms with Crippen LogP contribution in [0.15, 0.2) is 30.3 Å². The van der Waals surface area contributed by atoms with Gasteiger partial charge >= 0.3 is 6.18 Å². The number of alkyl halides is 3. The topological polar surface area (TPSA) is 9.23 Å². The van der Waals surface area contributed by atoms with E-state index in [1.54, 1.807) is 0 Å². The normalized spacial score (nSPS) is 14.0. The van der Waals surface area contributed by atoms with Crippen molar-refractivity contribution < 1.29 is 26.7 Å². The van der Waals surface area contributed by atoms with Crippen LogP contribution in [0.2, 0.25) is 0 Å². The lowest BCUT2D eigenvalue weighted by molar-refractivity contribution is -0.137. The zero-order chi connectivity index (χ0) is 15.2. The zero-order valence-corrected chi connectivity index (χ0v) is 10.6. The minimum atomic E-state index is -4.56. The van der Waals surface area contributed by atoms with Crippen LogP contribution >= 0.6 is 0 Å². The van der Waals surface area contributed by atoms with E-state index in [0.29, 0.717) is 12.0 Å². The van der Waals surface area contributed by atoms with Gasteiger partial charge in [0.25, 0.3) is 0 Å². The third-order valence-electron chi connectivity index (χ3n) is 3.35. The van der Waals surface area contributed by atoms with E-state index in [9.17, 15) is 22.0 Å². The van der Waals surface area contributed by atoms with E-state index in [0.717, 1.165) is 18.2 Å². The fraction of sp³-hybridized carbons (Fsp3) is 0.200. The summed E-state index contributed by atoms with van der Waals surface area (Å²) in [6.07, 6.45) is -4.25. The maximum atomic E-state index is 13.9. The second-order valence-electron chi connectivity index (χ2n) is 4.71.